The fourth-order valence-electron chi connectivity index (χ4n) is 3.04. The van der Waals surface area contributed by atoms with Gasteiger partial charge < -0.3 is 20.1 Å². The zero-order chi connectivity index (χ0) is 29.1. The Morgan fingerprint density at radius 1 is 1.03 bits per heavy atom. The monoisotopic (exact) mass is 534 g/mol. The minimum atomic E-state index is -0.755. The average molecular weight is 535 g/mol. The van der Waals surface area contributed by atoms with Gasteiger partial charge in [0.25, 0.3) is 0 Å². The van der Waals surface area contributed by atoms with Crippen LogP contribution >= 0.6 is 0 Å². The molecule has 208 valence electrons. The van der Waals surface area contributed by atoms with E-state index in [9.17, 15) is 9.59 Å². The molecule has 0 fully saturated rings. The highest BCUT2D eigenvalue weighted by atomic mass is 16.6. The average Bonchev–Trinajstić information content (AvgIpc) is 2.84. The molecule has 0 aliphatic rings. The summed E-state index contributed by atoms with van der Waals surface area (Å²) in [4.78, 5) is 35.2. The molecule has 1 aromatic carbocycles. The number of carbonyl (C=O) groups excluding carboxylic acids is 2. The molecule has 0 saturated heterocycles. The number of aromatic nitrogens is 2. The SMILES string of the molecule is CCCNc1nc(Nc2ccc(C#N)cc2)ncc1C#CCCCN(C(=O)OC(C)(C)C)C(=O)OC(C)(C)C. The molecule has 1 heterocycles. The summed E-state index contributed by atoms with van der Waals surface area (Å²) in [6.07, 6.45) is 1.88. The van der Waals surface area contributed by atoms with E-state index in [0.29, 0.717) is 42.3 Å². The maximum absolute atomic E-state index is 12.6. The Balaban J connectivity index is 2.10. The first kappa shape index (κ1) is 30.9. The van der Waals surface area contributed by atoms with E-state index < -0.39 is 23.4 Å². The second-order valence-corrected chi connectivity index (χ2v) is 10.7. The van der Waals surface area contributed by atoms with Gasteiger partial charge in [-0.1, -0.05) is 18.8 Å². The molecule has 0 bridgehead atoms. The summed E-state index contributed by atoms with van der Waals surface area (Å²) in [5.41, 5.74) is 0.455. The number of nitrogens with one attached hydrogen (secondary N) is 2. The van der Waals surface area contributed by atoms with E-state index >= 15 is 0 Å². The first-order valence-corrected chi connectivity index (χ1v) is 12.9. The Bertz CT molecular complexity index is 1200. The molecule has 39 heavy (non-hydrogen) atoms. The number of rotatable bonds is 8. The minimum absolute atomic E-state index is 0.101. The quantitative estimate of drug-likeness (QED) is 0.299. The summed E-state index contributed by atoms with van der Waals surface area (Å²) in [6.45, 7) is 13.3. The van der Waals surface area contributed by atoms with Gasteiger partial charge in [-0.2, -0.15) is 10.2 Å². The molecule has 2 amide bonds. The molecule has 0 aliphatic carbocycles. The lowest BCUT2D eigenvalue weighted by Crippen LogP contribution is -2.44. The van der Waals surface area contributed by atoms with Gasteiger partial charge in [0.15, 0.2) is 0 Å². The van der Waals surface area contributed by atoms with Crippen LogP contribution in [0.5, 0.6) is 0 Å². The molecular weight excluding hydrogens is 496 g/mol. The number of amides is 2. The van der Waals surface area contributed by atoms with Crippen molar-refractivity contribution >= 4 is 29.6 Å². The lowest BCUT2D eigenvalue weighted by Gasteiger charge is -2.28. The molecular formula is C29H38N6O4. The highest BCUT2D eigenvalue weighted by molar-refractivity contribution is 5.88. The smallest absolute Gasteiger partial charge is 0.419 e. The second kappa shape index (κ2) is 14.0. The number of nitrogens with zero attached hydrogens (tertiary/aromatic N) is 4. The van der Waals surface area contributed by atoms with Gasteiger partial charge in [-0.3, -0.25) is 0 Å². The van der Waals surface area contributed by atoms with Crippen molar-refractivity contribution in [2.24, 2.45) is 0 Å². The molecule has 2 rings (SSSR count). The third-order valence-electron chi connectivity index (χ3n) is 4.74. The van der Waals surface area contributed by atoms with Gasteiger partial charge in [0, 0.05) is 25.2 Å². The molecule has 0 aliphatic heterocycles. The molecule has 1 aromatic heterocycles. The highest BCUT2D eigenvalue weighted by Crippen LogP contribution is 2.18. The lowest BCUT2D eigenvalue weighted by atomic mass is 10.2. The van der Waals surface area contributed by atoms with Crippen LogP contribution in [-0.2, 0) is 9.47 Å². The number of unbranched alkanes of at least 4 members (excludes halogenated alkanes) is 1. The molecule has 10 heteroatoms. The van der Waals surface area contributed by atoms with Crippen LogP contribution in [-0.4, -0.2) is 51.3 Å². The second-order valence-electron chi connectivity index (χ2n) is 10.7. The van der Waals surface area contributed by atoms with Crippen LogP contribution in [0.25, 0.3) is 0 Å². The van der Waals surface area contributed by atoms with Gasteiger partial charge in [-0.25, -0.2) is 19.5 Å². The number of benzene rings is 1. The van der Waals surface area contributed by atoms with Crippen molar-refractivity contribution in [2.75, 3.05) is 23.7 Å². The number of anilines is 3. The van der Waals surface area contributed by atoms with E-state index in [1.54, 1.807) is 72.0 Å². The van der Waals surface area contributed by atoms with Gasteiger partial charge in [0.1, 0.15) is 17.0 Å². The van der Waals surface area contributed by atoms with Crippen molar-refractivity contribution in [3.63, 3.8) is 0 Å². The topological polar surface area (TPSA) is 129 Å². The van der Waals surface area contributed by atoms with Crippen molar-refractivity contribution in [3.8, 4) is 17.9 Å². The van der Waals surface area contributed by atoms with Crippen molar-refractivity contribution in [1.82, 2.24) is 14.9 Å². The van der Waals surface area contributed by atoms with Crippen LogP contribution in [0.2, 0.25) is 0 Å². The summed E-state index contributed by atoms with van der Waals surface area (Å²) in [6, 6.07) is 9.08. The molecule has 0 atom stereocenters. The van der Waals surface area contributed by atoms with E-state index in [0.717, 1.165) is 17.0 Å². The van der Waals surface area contributed by atoms with Gasteiger partial charge in [0.05, 0.1) is 23.4 Å². The minimum Gasteiger partial charge on any atom is -0.443 e. The molecule has 0 radical (unpaired) electrons. The third kappa shape index (κ3) is 11.3. The number of hydrogen-bond donors (Lipinski definition) is 2. The molecule has 10 nitrogen and oxygen atoms in total. The maximum atomic E-state index is 12.6. The molecule has 2 N–H and O–H groups in total. The van der Waals surface area contributed by atoms with Crippen LogP contribution in [0.1, 0.15) is 78.9 Å². The first-order chi connectivity index (χ1) is 18.3. The number of nitriles is 1. The first-order valence-electron chi connectivity index (χ1n) is 12.9. The summed E-state index contributed by atoms with van der Waals surface area (Å²) in [7, 11) is 0. The number of hydrogen-bond acceptors (Lipinski definition) is 9. The van der Waals surface area contributed by atoms with Crippen molar-refractivity contribution in [3.05, 3.63) is 41.6 Å². The van der Waals surface area contributed by atoms with E-state index in [2.05, 4.69) is 45.4 Å². The Labute approximate surface area is 231 Å². The lowest BCUT2D eigenvalue weighted by molar-refractivity contribution is 0.00135. The Hall–Kier alpha value is -4.31. The van der Waals surface area contributed by atoms with Crippen LogP contribution in [0.4, 0.5) is 27.0 Å². The van der Waals surface area contributed by atoms with Crippen LogP contribution in [0.15, 0.2) is 30.5 Å². The van der Waals surface area contributed by atoms with E-state index in [1.165, 1.54) is 0 Å². The number of ether oxygens (including phenoxy) is 2. The zero-order valence-electron chi connectivity index (χ0n) is 23.8. The normalized spacial score (nSPS) is 10.9. The van der Waals surface area contributed by atoms with E-state index in [1.807, 2.05) is 0 Å². The zero-order valence-corrected chi connectivity index (χ0v) is 23.8. The predicted octanol–water partition coefficient (Wildman–Crippen LogP) is 6.22. The molecule has 0 spiro atoms. The summed E-state index contributed by atoms with van der Waals surface area (Å²) in [5.74, 6) is 7.16. The molecule has 0 saturated carbocycles. The Kier molecular flexibility index (Phi) is 11.1. The van der Waals surface area contributed by atoms with Crippen molar-refractivity contribution < 1.29 is 19.1 Å². The summed E-state index contributed by atoms with van der Waals surface area (Å²) in [5, 5.41) is 15.4. The largest absolute Gasteiger partial charge is 0.443 e. The van der Waals surface area contributed by atoms with Gasteiger partial charge >= 0.3 is 12.2 Å². The third-order valence-corrected chi connectivity index (χ3v) is 4.74. The van der Waals surface area contributed by atoms with Crippen molar-refractivity contribution in [1.29, 1.82) is 5.26 Å². The maximum Gasteiger partial charge on any atom is 0.419 e. The van der Waals surface area contributed by atoms with Crippen LogP contribution < -0.4 is 10.6 Å². The highest BCUT2D eigenvalue weighted by Gasteiger charge is 2.30. The predicted molar refractivity (Wildman–Crippen MR) is 151 cm³/mol. The fraction of sp³-hybridized carbons (Fsp3) is 0.483. The number of imide groups is 1. The standard InChI is InChI=1S/C29H38N6O4/c1-8-17-31-24-22(20-32-25(34-24)33-23-15-13-21(19-30)14-16-23)12-10-9-11-18-35(26(36)38-28(2,3)4)27(37)39-29(5,6)7/h13-16,20H,8-9,11,17-18H2,1-7H3,(H2,31,32,33,34). The van der Waals surface area contributed by atoms with Gasteiger partial charge in [-0.05, 0) is 78.6 Å². The van der Waals surface area contributed by atoms with Crippen molar-refractivity contribution in [2.45, 2.75) is 78.9 Å². The summed E-state index contributed by atoms with van der Waals surface area (Å²) >= 11 is 0. The summed E-state index contributed by atoms with van der Waals surface area (Å²) < 4.78 is 10.8. The van der Waals surface area contributed by atoms with E-state index in [4.69, 9.17) is 14.7 Å². The van der Waals surface area contributed by atoms with Gasteiger partial charge in [-0.15, -0.1) is 0 Å². The molecule has 2 aromatic rings. The van der Waals surface area contributed by atoms with Crippen LogP contribution in [0.3, 0.4) is 0 Å². The number of carbonyl (C=O) groups is 2. The fourth-order valence-corrected chi connectivity index (χ4v) is 3.04. The van der Waals surface area contributed by atoms with Crippen LogP contribution in [0, 0.1) is 23.2 Å². The van der Waals surface area contributed by atoms with Gasteiger partial charge in [0.2, 0.25) is 5.95 Å². The molecule has 0 unspecified atom stereocenters. The van der Waals surface area contributed by atoms with E-state index in [-0.39, 0.29) is 6.54 Å². The Morgan fingerprint density at radius 2 is 1.64 bits per heavy atom. The Morgan fingerprint density at radius 3 is 2.18 bits per heavy atom.